The van der Waals surface area contributed by atoms with Gasteiger partial charge in [-0.15, -0.1) is 23.1 Å². The van der Waals surface area contributed by atoms with Gasteiger partial charge in [0.25, 0.3) is 11.8 Å². The molecule has 1 N–H and O–H groups in total. The van der Waals surface area contributed by atoms with Gasteiger partial charge in [-0.25, -0.2) is 4.98 Å². The molecule has 3 aromatic rings. The first-order valence-corrected chi connectivity index (χ1v) is 16.3. The summed E-state index contributed by atoms with van der Waals surface area (Å²) in [6, 6.07) is 14.5. The van der Waals surface area contributed by atoms with Crippen LogP contribution < -0.4 is 5.32 Å². The number of thiazole rings is 1. The Hall–Kier alpha value is -4.02. The van der Waals surface area contributed by atoms with Gasteiger partial charge in [-0.05, 0) is 37.0 Å². The minimum absolute atomic E-state index is 0.0389. The zero-order chi connectivity index (χ0) is 29.9. The van der Waals surface area contributed by atoms with Crippen molar-refractivity contribution in [3.63, 3.8) is 0 Å². The number of rotatable bonds is 8. The highest BCUT2D eigenvalue weighted by Crippen LogP contribution is 2.31. The number of hydrogen-bond acceptors (Lipinski definition) is 7. The number of anilines is 1. The molecule has 43 heavy (non-hydrogen) atoms. The quantitative estimate of drug-likeness (QED) is 0.346. The van der Waals surface area contributed by atoms with E-state index in [0.717, 1.165) is 57.3 Å². The Morgan fingerprint density at radius 2 is 1.77 bits per heavy atom. The Balaban J connectivity index is 1.06. The van der Waals surface area contributed by atoms with Crippen LogP contribution >= 0.6 is 23.1 Å². The van der Waals surface area contributed by atoms with Gasteiger partial charge in [0.05, 0.1) is 16.6 Å². The fourth-order valence-corrected chi connectivity index (χ4v) is 7.48. The normalized spacial score (nSPS) is 19.5. The summed E-state index contributed by atoms with van der Waals surface area (Å²) >= 11 is 3.09. The molecule has 2 aromatic carbocycles. The predicted octanol–water partition coefficient (Wildman–Crippen LogP) is 5.33. The average Bonchev–Trinajstić information content (AvgIpc) is 3.84. The van der Waals surface area contributed by atoms with Crippen molar-refractivity contribution in [1.82, 2.24) is 14.8 Å². The number of nitrogens with zero attached hydrogens (tertiary/aromatic N) is 3. The first-order chi connectivity index (χ1) is 20.9. The Morgan fingerprint density at radius 3 is 2.49 bits per heavy atom. The molecule has 10 heteroatoms. The zero-order valence-electron chi connectivity index (χ0n) is 23.8. The van der Waals surface area contributed by atoms with Crippen molar-refractivity contribution in [3.05, 3.63) is 82.6 Å². The SMILES string of the molecule is CC(=O)N1CCC[C@H]1C(=O)Cc1ccc(-c2nc(-c3ccc(NC(=O)[C@@H]4C=CCN4C(=O)C4=CCCS4)cc3)cs2)cc1. The smallest absolute Gasteiger partial charge is 0.261 e. The topological polar surface area (TPSA) is 99.7 Å². The largest absolute Gasteiger partial charge is 0.333 e. The summed E-state index contributed by atoms with van der Waals surface area (Å²) < 4.78 is 0. The molecule has 0 saturated carbocycles. The number of allylic oxidation sites excluding steroid dienone is 1. The van der Waals surface area contributed by atoms with Gasteiger partial charge >= 0.3 is 0 Å². The van der Waals surface area contributed by atoms with E-state index in [-0.39, 0.29) is 29.5 Å². The van der Waals surface area contributed by atoms with Crippen molar-refractivity contribution >= 4 is 52.3 Å². The number of aromatic nitrogens is 1. The third-order valence-electron chi connectivity index (χ3n) is 7.96. The lowest BCUT2D eigenvalue weighted by Gasteiger charge is -2.24. The molecule has 1 saturated heterocycles. The predicted molar refractivity (Wildman–Crippen MR) is 171 cm³/mol. The summed E-state index contributed by atoms with van der Waals surface area (Å²) in [5.41, 5.74) is 4.31. The molecule has 2 atom stereocenters. The highest BCUT2D eigenvalue weighted by molar-refractivity contribution is 8.04. The number of carbonyl (C=O) groups is 4. The van der Waals surface area contributed by atoms with Crippen molar-refractivity contribution in [2.24, 2.45) is 0 Å². The van der Waals surface area contributed by atoms with Gasteiger partial charge in [0, 0.05) is 54.4 Å². The number of benzene rings is 2. The summed E-state index contributed by atoms with van der Waals surface area (Å²) in [5.74, 6) is 0.629. The first kappa shape index (κ1) is 29.1. The Kier molecular flexibility index (Phi) is 8.58. The van der Waals surface area contributed by atoms with Crippen LogP contribution in [0.15, 0.2) is 77.0 Å². The molecule has 0 unspecified atom stereocenters. The third-order valence-corrected chi connectivity index (χ3v) is 9.95. The molecule has 6 rings (SSSR count). The molecule has 0 radical (unpaired) electrons. The molecular weight excluding hydrogens is 581 g/mol. The Labute approximate surface area is 258 Å². The molecule has 220 valence electrons. The molecule has 1 aromatic heterocycles. The third kappa shape index (κ3) is 6.35. The number of carbonyl (C=O) groups excluding carboxylic acids is 4. The molecule has 3 aliphatic rings. The summed E-state index contributed by atoms with van der Waals surface area (Å²) in [6.07, 6.45) is 8.38. The van der Waals surface area contributed by atoms with E-state index in [4.69, 9.17) is 4.98 Å². The van der Waals surface area contributed by atoms with Gasteiger partial charge < -0.3 is 15.1 Å². The number of likely N-dealkylation sites (tertiary alicyclic amines) is 1. The molecule has 8 nitrogen and oxygen atoms in total. The molecule has 1 fully saturated rings. The van der Waals surface area contributed by atoms with Gasteiger partial charge in [0.15, 0.2) is 5.78 Å². The van der Waals surface area contributed by atoms with E-state index in [2.05, 4.69) is 5.32 Å². The zero-order valence-corrected chi connectivity index (χ0v) is 25.5. The van der Waals surface area contributed by atoms with E-state index in [9.17, 15) is 19.2 Å². The van der Waals surface area contributed by atoms with Crippen LogP contribution in [0.25, 0.3) is 21.8 Å². The monoisotopic (exact) mass is 612 g/mol. The number of nitrogens with one attached hydrogen (secondary N) is 1. The molecule has 0 spiro atoms. The molecule has 0 bridgehead atoms. The Morgan fingerprint density at radius 1 is 1.00 bits per heavy atom. The number of ketones is 1. The fourth-order valence-electron chi connectivity index (χ4n) is 5.71. The van der Waals surface area contributed by atoms with Crippen LogP contribution in [0.5, 0.6) is 0 Å². The van der Waals surface area contributed by atoms with E-state index in [1.807, 2.05) is 66.1 Å². The standard InChI is InChI=1S/C33H32N4O4S2/c1-21(38)36-16-2-5-27(36)29(39)19-22-8-10-24(11-9-22)32-35-26(20-43-32)23-12-14-25(15-13-23)34-31(40)28-6-3-17-37(28)33(41)30-7-4-18-42-30/h3,6-15,20,27-28H,2,4-5,16-19H2,1H3,(H,34,40)/t27-,28-/m0/s1. The minimum Gasteiger partial charge on any atom is -0.333 e. The van der Waals surface area contributed by atoms with Crippen molar-refractivity contribution in [3.8, 4) is 21.8 Å². The van der Waals surface area contributed by atoms with E-state index in [1.54, 1.807) is 39.0 Å². The number of thioether (sulfide) groups is 1. The van der Waals surface area contributed by atoms with Crippen LogP contribution in [0.2, 0.25) is 0 Å². The van der Waals surface area contributed by atoms with Gasteiger partial charge in [-0.1, -0.05) is 54.6 Å². The molecule has 4 heterocycles. The van der Waals surface area contributed by atoms with Crippen LogP contribution in [0.1, 0.15) is 31.7 Å². The molecule has 3 amide bonds. The fraction of sp³-hybridized carbons (Fsp3) is 0.303. The second kappa shape index (κ2) is 12.7. The lowest BCUT2D eigenvalue weighted by molar-refractivity contribution is -0.135. The van der Waals surface area contributed by atoms with E-state index in [0.29, 0.717) is 25.2 Å². The highest BCUT2D eigenvalue weighted by atomic mass is 32.2. The maximum atomic E-state index is 13.0. The van der Waals surface area contributed by atoms with E-state index < -0.39 is 6.04 Å². The van der Waals surface area contributed by atoms with Crippen LogP contribution in [0.4, 0.5) is 5.69 Å². The minimum atomic E-state index is -0.627. The highest BCUT2D eigenvalue weighted by Gasteiger charge is 2.33. The second-order valence-corrected chi connectivity index (χ2v) is 12.8. The van der Waals surface area contributed by atoms with Crippen molar-refractivity contribution in [2.75, 3.05) is 24.2 Å². The van der Waals surface area contributed by atoms with Crippen LogP contribution in [0, 0.1) is 0 Å². The average molecular weight is 613 g/mol. The molecule has 0 aliphatic carbocycles. The number of amides is 3. The summed E-state index contributed by atoms with van der Waals surface area (Å²) in [5, 5.41) is 5.81. The summed E-state index contributed by atoms with van der Waals surface area (Å²) in [7, 11) is 0. The van der Waals surface area contributed by atoms with Gasteiger partial charge in [0.1, 0.15) is 11.0 Å². The van der Waals surface area contributed by atoms with Crippen molar-refractivity contribution in [1.29, 1.82) is 0 Å². The summed E-state index contributed by atoms with van der Waals surface area (Å²) in [4.78, 5) is 59.4. The summed E-state index contributed by atoms with van der Waals surface area (Å²) in [6.45, 7) is 2.61. The van der Waals surface area contributed by atoms with Crippen LogP contribution in [0.3, 0.4) is 0 Å². The lowest BCUT2D eigenvalue weighted by Crippen LogP contribution is -2.43. The van der Waals surface area contributed by atoms with Crippen molar-refractivity contribution < 1.29 is 19.2 Å². The van der Waals surface area contributed by atoms with E-state index >= 15 is 0 Å². The second-order valence-electron chi connectivity index (χ2n) is 10.9. The van der Waals surface area contributed by atoms with Gasteiger partial charge in [0.2, 0.25) is 5.91 Å². The maximum Gasteiger partial charge on any atom is 0.261 e. The lowest BCUT2D eigenvalue weighted by atomic mass is 10.0. The molecule has 3 aliphatic heterocycles. The Bertz CT molecular complexity index is 1610. The van der Waals surface area contributed by atoms with Crippen LogP contribution in [-0.2, 0) is 25.6 Å². The maximum absolute atomic E-state index is 13.0. The van der Waals surface area contributed by atoms with Gasteiger partial charge in [-0.3, -0.25) is 19.2 Å². The van der Waals surface area contributed by atoms with Crippen molar-refractivity contribution in [2.45, 2.75) is 44.7 Å². The number of Topliss-reactive ketones (excluding diaryl/α,β-unsaturated/α-hetero) is 1. The first-order valence-electron chi connectivity index (χ1n) is 14.4. The number of hydrogen-bond donors (Lipinski definition) is 1. The molecular formula is C33H32N4O4S2. The van der Waals surface area contributed by atoms with Crippen LogP contribution in [-0.4, -0.2) is 69.2 Å². The van der Waals surface area contributed by atoms with E-state index in [1.165, 1.54) is 6.92 Å². The van der Waals surface area contributed by atoms with Gasteiger partial charge in [-0.2, -0.15) is 0 Å².